The number of benzene rings is 1. The summed E-state index contributed by atoms with van der Waals surface area (Å²) < 4.78 is 20.7. The Morgan fingerprint density at radius 1 is 1.38 bits per heavy atom. The van der Waals surface area contributed by atoms with Gasteiger partial charge in [-0.15, -0.1) is 0 Å². The first-order chi connectivity index (χ1) is 11.7. The zero-order valence-corrected chi connectivity index (χ0v) is 13.6. The van der Waals surface area contributed by atoms with E-state index in [1.54, 1.807) is 20.1 Å². The van der Waals surface area contributed by atoms with Crippen LogP contribution in [-0.4, -0.2) is 36.6 Å². The molecular formula is C16H19N3O5. The van der Waals surface area contributed by atoms with Gasteiger partial charge in [-0.05, 0) is 24.6 Å². The summed E-state index contributed by atoms with van der Waals surface area (Å²) >= 11 is 0. The average Bonchev–Trinajstić information content (AvgIpc) is 3.21. The van der Waals surface area contributed by atoms with E-state index in [1.807, 2.05) is 12.1 Å². The highest BCUT2D eigenvalue weighted by Gasteiger charge is 2.18. The van der Waals surface area contributed by atoms with Crippen LogP contribution in [0.5, 0.6) is 11.5 Å². The molecule has 0 aliphatic carbocycles. The number of ether oxygens (including phenoxy) is 3. The fraction of sp³-hybridized carbons (Fsp3) is 0.438. The number of nitrogens with one attached hydrogen (secondary N) is 1. The number of hydrogen-bond acceptors (Lipinski definition) is 7. The van der Waals surface area contributed by atoms with Crippen LogP contribution < -0.4 is 14.8 Å². The lowest BCUT2D eigenvalue weighted by Gasteiger charge is -2.10. The lowest BCUT2D eigenvalue weighted by Crippen LogP contribution is -2.28. The SMILES string of the molecule is COCCc1noc(C(C)NC(=O)Cc2ccc3c(c2)OCO3)n1. The lowest BCUT2D eigenvalue weighted by atomic mass is 10.1. The summed E-state index contributed by atoms with van der Waals surface area (Å²) in [5, 5.41) is 6.70. The van der Waals surface area contributed by atoms with Gasteiger partial charge in [0, 0.05) is 13.5 Å². The number of aromatic nitrogens is 2. The summed E-state index contributed by atoms with van der Waals surface area (Å²) in [5.74, 6) is 2.15. The normalized spacial score (nSPS) is 13.8. The van der Waals surface area contributed by atoms with Crippen molar-refractivity contribution < 1.29 is 23.5 Å². The van der Waals surface area contributed by atoms with Crippen LogP contribution in [0.3, 0.4) is 0 Å². The fourth-order valence-electron chi connectivity index (χ4n) is 2.33. The van der Waals surface area contributed by atoms with E-state index in [4.69, 9.17) is 18.7 Å². The Bertz CT molecular complexity index is 715. The molecule has 8 heteroatoms. The molecule has 1 aromatic heterocycles. The van der Waals surface area contributed by atoms with Gasteiger partial charge in [-0.1, -0.05) is 11.2 Å². The summed E-state index contributed by atoms with van der Waals surface area (Å²) in [4.78, 5) is 16.4. The molecule has 0 saturated carbocycles. The van der Waals surface area contributed by atoms with Gasteiger partial charge in [0.05, 0.1) is 13.0 Å². The molecule has 128 valence electrons. The monoisotopic (exact) mass is 333 g/mol. The predicted octanol–water partition coefficient (Wildman–Crippen LogP) is 1.41. The quantitative estimate of drug-likeness (QED) is 0.818. The molecule has 0 radical (unpaired) electrons. The van der Waals surface area contributed by atoms with Crippen LogP contribution in [0.25, 0.3) is 0 Å². The van der Waals surface area contributed by atoms with Crippen molar-refractivity contribution in [2.75, 3.05) is 20.5 Å². The fourth-order valence-corrected chi connectivity index (χ4v) is 2.33. The van der Waals surface area contributed by atoms with Crippen molar-refractivity contribution in [2.45, 2.75) is 25.8 Å². The van der Waals surface area contributed by atoms with Gasteiger partial charge < -0.3 is 24.1 Å². The second kappa shape index (κ2) is 7.31. The van der Waals surface area contributed by atoms with Crippen molar-refractivity contribution in [3.63, 3.8) is 0 Å². The zero-order valence-electron chi connectivity index (χ0n) is 13.6. The van der Waals surface area contributed by atoms with Gasteiger partial charge in [0.1, 0.15) is 6.04 Å². The first-order valence-corrected chi connectivity index (χ1v) is 7.65. The van der Waals surface area contributed by atoms with Crippen LogP contribution in [0.2, 0.25) is 0 Å². The molecule has 2 heterocycles. The molecule has 1 aliphatic rings. The van der Waals surface area contributed by atoms with Crippen molar-refractivity contribution in [3.05, 3.63) is 35.5 Å². The molecule has 0 bridgehead atoms. The Kier molecular flexibility index (Phi) is 4.95. The van der Waals surface area contributed by atoms with Gasteiger partial charge >= 0.3 is 0 Å². The van der Waals surface area contributed by atoms with Gasteiger partial charge in [0.15, 0.2) is 17.3 Å². The number of methoxy groups -OCH3 is 1. The minimum atomic E-state index is -0.365. The van der Waals surface area contributed by atoms with Crippen molar-refractivity contribution in [3.8, 4) is 11.5 Å². The highest BCUT2D eigenvalue weighted by molar-refractivity contribution is 5.79. The van der Waals surface area contributed by atoms with E-state index in [-0.39, 0.29) is 25.2 Å². The van der Waals surface area contributed by atoms with Crippen LogP contribution in [-0.2, 0) is 22.4 Å². The number of carbonyl (C=O) groups is 1. The molecule has 24 heavy (non-hydrogen) atoms. The van der Waals surface area contributed by atoms with E-state index in [0.717, 1.165) is 5.56 Å². The van der Waals surface area contributed by atoms with Gasteiger partial charge in [-0.3, -0.25) is 4.79 Å². The third-order valence-electron chi connectivity index (χ3n) is 3.56. The minimum Gasteiger partial charge on any atom is -0.454 e. The van der Waals surface area contributed by atoms with Crippen LogP contribution in [0.4, 0.5) is 0 Å². The molecule has 1 unspecified atom stereocenters. The first-order valence-electron chi connectivity index (χ1n) is 7.65. The molecule has 0 saturated heterocycles. The third kappa shape index (κ3) is 3.83. The molecule has 2 aromatic rings. The van der Waals surface area contributed by atoms with Gasteiger partial charge in [0.25, 0.3) is 0 Å². The Labute approximate surface area is 139 Å². The van der Waals surface area contributed by atoms with E-state index in [1.165, 1.54) is 0 Å². The summed E-state index contributed by atoms with van der Waals surface area (Å²) in [7, 11) is 1.61. The number of hydrogen-bond donors (Lipinski definition) is 1. The lowest BCUT2D eigenvalue weighted by molar-refractivity contribution is -0.121. The van der Waals surface area contributed by atoms with Crippen LogP contribution >= 0.6 is 0 Å². The minimum absolute atomic E-state index is 0.141. The molecule has 8 nitrogen and oxygen atoms in total. The van der Waals surface area contributed by atoms with Crippen molar-refractivity contribution in [1.82, 2.24) is 15.5 Å². The molecular weight excluding hydrogens is 314 g/mol. The van der Waals surface area contributed by atoms with E-state index in [0.29, 0.717) is 36.2 Å². The van der Waals surface area contributed by atoms with Gasteiger partial charge in [-0.2, -0.15) is 4.98 Å². The van der Waals surface area contributed by atoms with E-state index < -0.39 is 0 Å². The molecule has 0 fully saturated rings. The first kappa shape index (κ1) is 16.3. The molecule has 1 aliphatic heterocycles. The van der Waals surface area contributed by atoms with Gasteiger partial charge in [-0.25, -0.2) is 0 Å². The van der Waals surface area contributed by atoms with E-state index in [2.05, 4.69) is 15.5 Å². The van der Waals surface area contributed by atoms with Crippen LogP contribution in [0.1, 0.15) is 30.2 Å². The van der Waals surface area contributed by atoms with Crippen LogP contribution in [0, 0.1) is 0 Å². The van der Waals surface area contributed by atoms with E-state index in [9.17, 15) is 4.79 Å². The molecule has 3 rings (SSSR count). The largest absolute Gasteiger partial charge is 0.454 e. The smallest absolute Gasteiger partial charge is 0.248 e. The summed E-state index contributed by atoms with van der Waals surface area (Å²) in [6.45, 7) is 2.53. The highest BCUT2D eigenvalue weighted by Crippen LogP contribution is 2.32. The average molecular weight is 333 g/mol. The second-order valence-electron chi connectivity index (χ2n) is 5.45. The number of nitrogens with zero attached hydrogens (tertiary/aromatic N) is 2. The number of amides is 1. The van der Waals surface area contributed by atoms with Crippen molar-refractivity contribution in [1.29, 1.82) is 0 Å². The summed E-state index contributed by atoms with van der Waals surface area (Å²) in [5.41, 5.74) is 0.843. The molecule has 1 N–H and O–H groups in total. The van der Waals surface area contributed by atoms with Crippen molar-refractivity contribution >= 4 is 5.91 Å². The zero-order chi connectivity index (χ0) is 16.9. The standard InChI is InChI=1S/C16H19N3O5/c1-10(16-18-14(19-24-16)5-6-21-2)17-15(20)8-11-3-4-12-13(7-11)23-9-22-12/h3-4,7,10H,5-6,8-9H2,1-2H3,(H,17,20). The number of carbonyl (C=O) groups excluding carboxylic acids is 1. The Morgan fingerprint density at radius 2 is 2.21 bits per heavy atom. The molecule has 0 spiro atoms. The maximum atomic E-state index is 12.2. The maximum absolute atomic E-state index is 12.2. The Hall–Kier alpha value is -2.61. The maximum Gasteiger partial charge on any atom is 0.248 e. The topological polar surface area (TPSA) is 95.7 Å². The number of rotatable bonds is 7. The summed E-state index contributed by atoms with van der Waals surface area (Å²) in [6, 6.07) is 5.08. The molecule has 1 aromatic carbocycles. The second-order valence-corrected chi connectivity index (χ2v) is 5.45. The van der Waals surface area contributed by atoms with Crippen LogP contribution in [0.15, 0.2) is 22.7 Å². The van der Waals surface area contributed by atoms with Crippen molar-refractivity contribution in [2.24, 2.45) is 0 Å². The predicted molar refractivity (Wildman–Crippen MR) is 82.7 cm³/mol. The highest BCUT2D eigenvalue weighted by atomic mass is 16.7. The van der Waals surface area contributed by atoms with Gasteiger partial charge in [0.2, 0.25) is 18.6 Å². The summed E-state index contributed by atoms with van der Waals surface area (Å²) in [6.07, 6.45) is 0.795. The molecule has 1 amide bonds. The Morgan fingerprint density at radius 3 is 3.04 bits per heavy atom. The molecule has 1 atom stereocenters. The third-order valence-corrected chi connectivity index (χ3v) is 3.56. The number of fused-ring (bicyclic) bond motifs is 1. The Balaban J connectivity index is 1.55. The van der Waals surface area contributed by atoms with E-state index >= 15 is 0 Å².